The van der Waals surface area contributed by atoms with Crippen LogP contribution in [-0.4, -0.2) is 67.4 Å². The molecule has 1 aliphatic heterocycles. The van der Waals surface area contributed by atoms with Gasteiger partial charge in [-0.1, -0.05) is 18.2 Å². The number of H-pyrrole nitrogens is 1. The molecular weight excluding hydrogens is 423 g/mol. The fourth-order valence-electron chi connectivity index (χ4n) is 3.38. The number of pyridine rings is 1. The Bertz CT molecular complexity index is 1060. The van der Waals surface area contributed by atoms with Gasteiger partial charge in [0.05, 0.1) is 19.0 Å². The minimum atomic E-state index is -1.02. The van der Waals surface area contributed by atoms with Gasteiger partial charge >= 0.3 is 0 Å². The summed E-state index contributed by atoms with van der Waals surface area (Å²) in [5.74, 6) is -2.86. The third-order valence-corrected chi connectivity index (χ3v) is 5.14. The molecule has 0 radical (unpaired) electrons. The third-order valence-electron chi connectivity index (χ3n) is 5.14. The first kappa shape index (κ1) is 23.4. The van der Waals surface area contributed by atoms with Crippen molar-refractivity contribution in [2.75, 3.05) is 40.6 Å². The molecule has 3 rings (SSSR count). The lowest BCUT2D eigenvalue weighted by molar-refractivity contribution is 0.0650. The minimum Gasteiger partial charge on any atom is -0.503 e. The Kier molecular flexibility index (Phi) is 7.57. The number of aromatic amines is 1. The van der Waals surface area contributed by atoms with Gasteiger partial charge in [0.15, 0.2) is 11.4 Å². The van der Waals surface area contributed by atoms with Gasteiger partial charge in [0, 0.05) is 39.4 Å². The molecule has 1 unspecified atom stereocenters. The first-order valence-corrected chi connectivity index (χ1v) is 9.91. The van der Waals surface area contributed by atoms with Crippen LogP contribution in [0.5, 0.6) is 5.75 Å². The van der Waals surface area contributed by atoms with Crippen molar-refractivity contribution >= 4 is 11.8 Å². The second kappa shape index (κ2) is 10.4. The normalized spacial score (nSPS) is 16.3. The molecular formula is C21H25FN4O6. The van der Waals surface area contributed by atoms with E-state index in [2.05, 4.69) is 15.6 Å². The molecule has 2 amide bonds. The molecule has 0 aliphatic carbocycles. The van der Waals surface area contributed by atoms with E-state index in [1.165, 1.54) is 37.3 Å². The van der Waals surface area contributed by atoms with Gasteiger partial charge in [0.1, 0.15) is 17.5 Å². The van der Waals surface area contributed by atoms with Crippen LogP contribution in [0.25, 0.3) is 0 Å². The number of methoxy groups -OCH3 is 2. The molecule has 0 spiro atoms. The van der Waals surface area contributed by atoms with E-state index in [1.807, 2.05) is 0 Å². The Hall–Kier alpha value is -3.28. The van der Waals surface area contributed by atoms with E-state index < -0.39 is 40.5 Å². The maximum absolute atomic E-state index is 13.9. The van der Waals surface area contributed by atoms with E-state index >= 15 is 0 Å². The number of benzene rings is 1. The smallest absolute Gasteiger partial charge is 0.275 e. The van der Waals surface area contributed by atoms with Gasteiger partial charge in [-0.25, -0.2) is 4.39 Å². The summed E-state index contributed by atoms with van der Waals surface area (Å²) in [6.45, 7) is 0.557. The largest absolute Gasteiger partial charge is 0.503 e. The summed E-state index contributed by atoms with van der Waals surface area (Å²) in [6.07, 6.45) is -0.800. The number of nitrogens with one attached hydrogen (secondary N) is 3. The van der Waals surface area contributed by atoms with Crippen LogP contribution in [-0.2, 0) is 16.0 Å². The lowest BCUT2D eigenvalue weighted by atomic mass is 10.0. The zero-order chi connectivity index (χ0) is 23.3. The van der Waals surface area contributed by atoms with Crippen molar-refractivity contribution in [2.45, 2.75) is 12.6 Å². The number of carbonyl (C=O) groups is 2. The highest BCUT2D eigenvalue weighted by Crippen LogP contribution is 2.23. The Balaban J connectivity index is 2.01. The Labute approximate surface area is 183 Å². The van der Waals surface area contributed by atoms with Crippen molar-refractivity contribution < 1.29 is 28.6 Å². The molecule has 11 heteroatoms. The van der Waals surface area contributed by atoms with Crippen molar-refractivity contribution in [1.29, 1.82) is 0 Å². The summed E-state index contributed by atoms with van der Waals surface area (Å²) in [6, 6.07) is 5.89. The number of nitrogens with zero attached hydrogens (tertiary/aromatic N) is 1. The number of carbonyl (C=O) groups excluding carboxylic acids is 2. The number of halogens is 1. The molecule has 32 heavy (non-hydrogen) atoms. The lowest BCUT2D eigenvalue weighted by Gasteiger charge is -2.22. The highest BCUT2D eigenvalue weighted by molar-refractivity contribution is 5.99. The quantitative estimate of drug-likeness (QED) is 0.484. The number of aromatic nitrogens is 1. The van der Waals surface area contributed by atoms with Gasteiger partial charge in [-0.15, -0.1) is 0 Å². The van der Waals surface area contributed by atoms with Gasteiger partial charge < -0.3 is 29.8 Å². The zero-order valence-electron chi connectivity index (χ0n) is 17.7. The number of rotatable bonds is 7. The number of hydrogen-bond acceptors (Lipinski definition) is 7. The van der Waals surface area contributed by atoms with E-state index in [-0.39, 0.29) is 49.9 Å². The molecule has 1 aromatic carbocycles. The summed E-state index contributed by atoms with van der Waals surface area (Å²) in [5.41, 5.74) is -1.52. The predicted octanol–water partition coefficient (Wildman–Crippen LogP) is 0.486. The van der Waals surface area contributed by atoms with Crippen LogP contribution in [0.2, 0.25) is 0 Å². The molecule has 0 saturated carbocycles. The standard InChI is InChI=1S/C21H25FN4O6/c1-31-8-7-26-11-23-10-14(32-2)16-15(18(27)19(28)17(25-16)21(26)30)20(29)24-9-12-5-3-4-6-13(12)22/h3-6,14,23,28H,7-11H2,1-2H3,(H,24,29)(H,25,27). The molecule has 1 aliphatic rings. The molecule has 2 heterocycles. The third kappa shape index (κ3) is 4.79. The number of hydrogen-bond donors (Lipinski definition) is 4. The second-order valence-electron chi connectivity index (χ2n) is 7.14. The fraction of sp³-hybridized carbons (Fsp3) is 0.381. The first-order valence-electron chi connectivity index (χ1n) is 9.91. The van der Waals surface area contributed by atoms with Crippen LogP contribution < -0.4 is 16.1 Å². The monoisotopic (exact) mass is 448 g/mol. The molecule has 2 bridgehead atoms. The van der Waals surface area contributed by atoms with Crippen molar-refractivity contribution in [2.24, 2.45) is 0 Å². The van der Waals surface area contributed by atoms with E-state index in [9.17, 15) is 23.9 Å². The van der Waals surface area contributed by atoms with Crippen LogP contribution >= 0.6 is 0 Å². The Morgan fingerprint density at radius 1 is 1.31 bits per heavy atom. The van der Waals surface area contributed by atoms with E-state index in [0.29, 0.717) is 0 Å². The van der Waals surface area contributed by atoms with E-state index in [4.69, 9.17) is 9.47 Å². The SMILES string of the molecule is COCCN1CNCC(OC)c2[nH]c(c(O)c(=O)c2C(=O)NCc2ccccc2F)C1=O. The number of ether oxygens (including phenoxy) is 2. The summed E-state index contributed by atoms with van der Waals surface area (Å²) in [4.78, 5) is 42.9. The Morgan fingerprint density at radius 2 is 2.06 bits per heavy atom. The van der Waals surface area contributed by atoms with Crippen LogP contribution in [0.4, 0.5) is 4.39 Å². The molecule has 1 atom stereocenters. The van der Waals surface area contributed by atoms with Crippen molar-refractivity contribution in [3.05, 3.63) is 62.8 Å². The lowest BCUT2D eigenvalue weighted by Crippen LogP contribution is -2.41. The van der Waals surface area contributed by atoms with Crippen LogP contribution in [0.15, 0.2) is 29.1 Å². The maximum atomic E-state index is 13.9. The number of fused-ring (bicyclic) bond motifs is 2. The average Bonchev–Trinajstić information content (AvgIpc) is 2.84. The van der Waals surface area contributed by atoms with Crippen LogP contribution in [0, 0.1) is 5.82 Å². The van der Waals surface area contributed by atoms with Gasteiger partial charge in [0.25, 0.3) is 11.8 Å². The van der Waals surface area contributed by atoms with Crippen LogP contribution in [0.1, 0.15) is 38.2 Å². The summed E-state index contributed by atoms with van der Waals surface area (Å²) < 4.78 is 24.3. The highest BCUT2D eigenvalue weighted by atomic mass is 19.1. The van der Waals surface area contributed by atoms with Crippen molar-refractivity contribution in [3.8, 4) is 5.75 Å². The number of aromatic hydroxyl groups is 1. The van der Waals surface area contributed by atoms with E-state index in [0.717, 1.165) is 0 Å². The predicted molar refractivity (Wildman–Crippen MR) is 112 cm³/mol. The minimum absolute atomic E-state index is 0.0331. The van der Waals surface area contributed by atoms with Gasteiger partial charge in [-0.2, -0.15) is 0 Å². The van der Waals surface area contributed by atoms with E-state index in [1.54, 1.807) is 6.07 Å². The van der Waals surface area contributed by atoms with Crippen molar-refractivity contribution in [3.63, 3.8) is 0 Å². The molecule has 2 aromatic rings. The number of amides is 2. The molecule has 1 aromatic heterocycles. The van der Waals surface area contributed by atoms with Gasteiger partial charge in [-0.3, -0.25) is 19.7 Å². The topological polar surface area (TPSA) is 133 Å². The van der Waals surface area contributed by atoms with Gasteiger partial charge in [0.2, 0.25) is 5.43 Å². The van der Waals surface area contributed by atoms with Gasteiger partial charge in [-0.05, 0) is 6.07 Å². The highest BCUT2D eigenvalue weighted by Gasteiger charge is 2.32. The summed E-state index contributed by atoms with van der Waals surface area (Å²) >= 11 is 0. The van der Waals surface area contributed by atoms with Crippen LogP contribution in [0.3, 0.4) is 0 Å². The molecule has 0 saturated heterocycles. The molecule has 172 valence electrons. The second-order valence-corrected chi connectivity index (χ2v) is 7.14. The fourth-order valence-corrected chi connectivity index (χ4v) is 3.38. The first-order chi connectivity index (χ1) is 15.4. The molecule has 0 fully saturated rings. The molecule has 10 nitrogen and oxygen atoms in total. The zero-order valence-corrected chi connectivity index (χ0v) is 17.7. The summed E-state index contributed by atoms with van der Waals surface area (Å²) in [7, 11) is 2.88. The Morgan fingerprint density at radius 3 is 2.75 bits per heavy atom. The van der Waals surface area contributed by atoms with Crippen molar-refractivity contribution in [1.82, 2.24) is 20.5 Å². The maximum Gasteiger partial charge on any atom is 0.275 e. The summed E-state index contributed by atoms with van der Waals surface area (Å²) in [5, 5.41) is 16.0. The molecule has 4 N–H and O–H groups in total. The average molecular weight is 448 g/mol.